The number of rotatable bonds is 21. The van der Waals surface area contributed by atoms with Gasteiger partial charge in [0, 0.05) is 43.1 Å². The molecule has 4 rings (SSSR count). The van der Waals surface area contributed by atoms with Crippen molar-refractivity contribution < 1.29 is 14.2 Å². The molecule has 0 atom stereocenters. The van der Waals surface area contributed by atoms with Crippen molar-refractivity contribution in [3.63, 3.8) is 0 Å². The Kier molecular flexibility index (Phi) is 14.3. The third kappa shape index (κ3) is 11.2. The Balaban J connectivity index is 1.35. The van der Waals surface area contributed by atoms with Gasteiger partial charge in [0.1, 0.15) is 22.8 Å². The van der Waals surface area contributed by atoms with Crippen LogP contribution in [-0.2, 0) is 19.3 Å². The lowest BCUT2D eigenvalue weighted by Crippen LogP contribution is -2.25. The fourth-order valence-corrected chi connectivity index (χ4v) is 5.53. The first-order chi connectivity index (χ1) is 22.0. The SMILES string of the molecule is CCN(CC)CCCOc1cc(OCCCN(CC)CC)c2nc(CCc3ccc(OCCc4ccc(Cl)cc4)cc3)[nH]c2c1. The third-order valence-corrected chi connectivity index (χ3v) is 8.53. The molecule has 1 N–H and O–H groups in total. The number of nitrogens with one attached hydrogen (secondary N) is 1. The Morgan fingerprint density at radius 3 is 1.87 bits per heavy atom. The summed E-state index contributed by atoms with van der Waals surface area (Å²) < 4.78 is 18.5. The van der Waals surface area contributed by atoms with Gasteiger partial charge in [0.2, 0.25) is 0 Å². The molecule has 0 unspecified atom stereocenters. The molecule has 1 heterocycles. The fourth-order valence-electron chi connectivity index (χ4n) is 5.40. The molecule has 0 aliphatic rings. The number of imidazole rings is 1. The van der Waals surface area contributed by atoms with E-state index in [-0.39, 0.29) is 0 Å². The van der Waals surface area contributed by atoms with Crippen LogP contribution in [0.2, 0.25) is 5.02 Å². The quantitative estimate of drug-likeness (QED) is 0.0942. The Labute approximate surface area is 274 Å². The minimum atomic E-state index is 0.626. The Morgan fingerprint density at radius 1 is 0.644 bits per heavy atom. The maximum Gasteiger partial charge on any atom is 0.150 e. The van der Waals surface area contributed by atoms with Crippen LogP contribution in [0.3, 0.4) is 0 Å². The summed E-state index contributed by atoms with van der Waals surface area (Å²) in [5.41, 5.74) is 4.27. The van der Waals surface area contributed by atoms with E-state index in [1.54, 1.807) is 0 Å². The molecule has 0 saturated heterocycles. The number of H-pyrrole nitrogens is 1. The van der Waals surface area contributed by atoms with Crippen LogP contribution in [0.15, 0.2) is 60.7 Å². The largest absolute Gasteiger partial charge is 0.493 e. The third-order valence-electron chi connectivity index (χ3n) is 8.27. The molecule has 0 radical (unpaired) electrons. The summed E-state index contributed by atoms with van der Waals surface area (Å²) in [6.07, 6.45) is 4.47. The van der Waals surface area contributed by atoms with Gasteiger partial charge in [-0.2, -0.15) is 0 Å². The van der Waals surface area contributed by atoms with Crippen molar-refractivity contribution in [3.05, 3.63) is 82.6 Å². The number of benzene rings is 3. The minimum absolute atomic E-state index is 0.626. The number of aromatic nitrogens is 2. The van der Waals surface area contributed by atoms with E-state index in [1.165, 1.54) is 11.1 Å². The average Bonchev–Trinajstić information content (AvgIpc) is 3.48. The number of aryl methyl sites for hydroxylation is 2. The second kappa shape index (κ2) is 18.6. The van der Waals surface area contributed by atoms with Crippen LogP contribution < -0.4 is 14.2 Å². The number of hydrogen-bond acceptors (Lipinski definition) is 6. The van der Waals surface area contributed by atoms with Crippen molar-refractivity contribution in [2.75, 3.05) is 59.1 Å². The first-order valence-electron chi connectivity index (χ1n) is 16.7. The van der Waals surface area contributed by atoms with Crippen molar-refractivity contribution >= 4 is 22.6 Å². The van der Waals surface area contributed by atoms with Crippen molar-refractivity contribution in [1.82, 2.24) is 19.8 Å². The predicted octanol–water partition coefficient (Wildman–Crippen LogP) is 7.84. The number of hydrogen-bond donors (Lipinski definition) is 1. The van der Waals surface area contributed by atoms with Crippen LogP contribution in [0.4, 0.5) is 0 Å². The maximum atomic E-state index is 6.32. The Bertz CT molecular complexity index is 1400. The Hall–Kier alpha value is -3.26. The van der Waals surface area contributed by atoms with Gasteiger partial charge in [0.25, 0.3) is 0 Å². The fraction of sp³-hybridized carbons (Fsp3) is 0.486. The molecule has 1 aromatic heterocycles. The van der Waals surface area contributed by atoms with Gasteiger partial charge in [-0.3, -0.25) is 0 Å². The molecule has 0 spiro atoms. The van der Waals surface area contributed by atoms with E-state index in [4.69, 9.17) is 30.8 Å². The molecular weight excluding hydrogens is 584 g/mol. The molecule has 0 bridgehead atoms. The van der Waals surface area contributed by atoms with E-state index in [9.17, 15) is 0 Å². The number of aromatic amines is 1. The first kappa shape index (κ1) is 34.6. The second-order valence-corrected chi connectivity index (χ2v) is 11.8. The van der Waals surface area contributed by atoms with E-state index in [2.05, 4.69) is 60.7 Å². The van der Waals surface area contributed by atoms with E-state index in [0.717, 1.165) is 111 Å². The van der Waals surface area contributed by atoms with Crippen LogP contribution in [0.25, 0.3) is 11.0 Å². The van der Waals surface area contributed by atoms with Gasteiger partial charge in [0.15, 0.2) is 5.75 Å². The highest BCUT2D eigenvalue weighted by molar-refractivity contribution is 6.30. The van der Waals surface area contributed by atoms with Gasteiger partial charge in [-0.05, 0) is 80.8 Å². The highest BCUT2D eigenvalue weighted by atomic mass is 35.5. The summed E-state index contributed by atoms with van der Waals surface area (Å²) in [6.45, 7) is 17.0. The molecule has 4 aromatic rings. The molecule has 0 amide bonds. The molecule has 3 aromatic carbocycles. The summed E-state index contributed by atoms with van der Waals surface area (Å²) in [6, 6.07) is 20.3. The summed E-state index contributed by atoms with van der Waals surface area (Å²) in [7, 11) is 0. The zero-order chi connectivity index (χ0) is 31.9. The van der Waals surface area contributed by atoms with Crippen LogP contribution in [0.5, 0.6) is 17.2 Å². The lowest BCUT2D eigenvalue weighted by molar-refractivity contribution is 0.243. The first-order valence-corrected chi connectivity index (χ1v) is 17.1. The molecule has 0 saturated carbocycles. The van der Waals surface area contributed by atoms with Crippen LogP contribution in [0, 0.1) is 0 Å². The smallest absolute Gasteiger partial charge is 0.150 e. The van der Waals surface area contributed by atoms with Crippen LogP contribution >= 0.6 is 11.6 Å². The minimum Gasteiger partial charge on any atom is -0.493 e. The van der Waals surface area contributed by atoms with Crippen molar-refractivity contribution in [2.24, 2.45) is 0 Å². The summed E-state index contributed by atoms with van der Waals surface area (Å²) in [5.74, 6) is 3.43. The van der Waals surface area contributed by atoms with Crippen molar-refractivity contribution in [2.45, 2.75) is 59.8 Å². The lowest BCUT2D eigenvalue weighted by atomic mass is 10.1. The zero-order valence-electron chi connectivity index (χ0n) is 27.6. The van der Waals surface area contributed by atoms with Crippen LogP contribution in [-0.4, -0.2) is 78.9 Å². The normalized spacial score (nSPS) is 11.5. The molecule has 244 valence electrons. The highest BCUT2D eigenvalue weighted by Gasteiger charge is 2.13. The van der Waals surface area contributed by atoms with E-state index in [0.29, 0.717) is 19.8 Å². The molecule has 8 heteroatoms. The van der Waals surface area contributed by atoms with E-state index < -0.39 is 0 Å². The van der Waals surface area contributed by atoms with Gasteiger partial charge < -0.3 is 29.0 Å². The highest BCUT2D eigenvalue weighted by Crippen LogP contribution is 2.31. The monoisotopic (exact) mass is 634 g/mol. The van der Waals surface area contributed by atoms with E-state index in [1.807, 2.05) is 42.5 Å². The van der Waals surface area contributed by atoms with Gasteiger partial charge in [-0.25, -0.2) is 4.98 Å². The topological polar surface area (TPSA) is 62.9 Å². The van der Waals surface area contributed by atoms with Crippen molar-refractivity contribution in [1.29, 1.82) is 0 Å². The average molecular weight is 635 g/mol. The van der Waals surface area contributed by atoms with Crippen molar-refractivity contribution in [3.8, 4) is 17.2 Å². The van der Waals surface area contributed by atoms with Gasteiger partial charge in [-0.15, -0.1) is 0 Å². The molecule has 0 aliphatic carbocycles. The molecule has 0 fully saturated rings. The van der Waals surface area contributed by atoms with Gasteiger partial charge in [-0.1, -0.05) is 63.6 Å². The summed E-state index contributed by atoms with van der Waals surface area (Å²) in [5, 5.41) is 0.753. The number of ether oxygens (including phenoxy) is 3. The number of fused-ring (bicyclic) bond motifs is 1. The van der Waals surface area contributed by atoms with E-state index >= 15 is 0 Å². The summed E-state index contributed by atoms with van der Waals surface area (Å²) >= 11 is 5.98. The molecule has 0 aliphatic heterocycles. The number of nitrogens with zero attached hydrogens (tertiary/aromatic N) is 3. The predicted molar refractivity (Wildman–Crippen MR) is 186 cm³/mol. The molecular formula is C37H51ClN4O3. The summed E-state index contributed by atoms with van der Waals surface area (Å²) in [4.78, 5) is 13.3. The Morgan fingerprint density at radius 2 is 1.22 bits per heavy atom. The number of halogens is 1. The van der Waals surface area contributed by atoms with Gasteiger partial charge >= 0.3 is 0 Å². The van der Waals surface area contributed by atoms with Gasteiger partial charge in [0.05, 0.1) is 25.3 Å². The molecule has 45 heavy (non-hydrogen) atoms. The zero-order valence-corrected chi connectivity index (χ0v) is 28.4. The second-order valence-electron chi connectivity index (χ2n) is 11.3. The van der Waals surface area contributed by atoms with Crippen LogP contribution in [0.1, 0.15) is 57.5 Å². The maximum absolute atomic E-state index is 6.32. The lowest BCUT2D eigenvalue weighted by Gasteiger charge is -2.18. The standard InChI is InChI=1S/C37H51ClN4O3/c1-5-41(6-2)22-9-24-43-33-27-34-37(35(28-33)45-25-10-23-42(7-3)8-4)40-36(39-34)20-15-29-13-18-32(19-14-29)44-26-21-30-11-16-31(38)17-12-30/h11-14,16-19,27-28H,5-10,15,20-26H2,1-4H3,(H,39,40). The molecule has 7 nitrogen and oxygen atoms in total.